The molecule has 0 bridgehead atoms. The highest BCUT2D eigenvalue weighted by atomic mass is 16.5. The van der Waals surface area contributed by atoms with Crippen LogP contribution < -0.4 is 0 Å². The first-order chi connectivity index (χ1) is 7.90. The van der Waals surface area contributed by atoms with Crippen molar-refractivity contribution in [2.75, 3.05) is 6.61 Å². The number of esters is 1. The number of carbonyl (C=O) groups excluding carboxylic acids is 1. The molecule has 2 heteroatoms. The fourth-order valence-electron chi connectivity index (χ4n) is 1.65. The van der Waals surface area contributed by atoms with E-state index < -0.39 is 0 Å². The summed E-state index contributed by atoms with van der Waals surface area (Å²) in [6, 6.07) is 7.51. The van der Waals surface area contributed by atoms with Gasteiger partial charge in [-0.15, -0.1) is 0 Å². The summed E-state index contributed by atoms with van der Waals surface area (Å²) in [5.41, 5.74) is 1.94. The number of hydrogen-bond acceptors (Lipinski definition) is 2. The topological polar surface area (TPSA) is 26.3 Å². The summed E-state index contributed by atoms with van der Waals surface area (Å²) in [5, 5.41) is 0. The van der Waals surface area contributed by atoms with E-state index >= 15 is 0 Å². The molecule has 17 heavy (non-hydrogen) atoms. The highest BCUT2D eigenvalue weighted by Crippen LogP contribution is 2.20. The lowest BCUT2D eigenvalue weighted by molar-refractivity contribution is 0.0487. The summed E-state index contributed by atoms with van der Waals surface area (Å²) in [5.74, 6) is -0.211. The highest BCUT2D eigenvalue weighted by Gasteiger charge is 2.12. The van der Waals surface area contributed by atoms with Crippen LogP contribution in [0.2, 0.25) is 0 Å². The molecule has 2 nitrogen and oxygen atoms in total. The Balaban J connectivity index is 2.39. The van der Waals surface area contributed by atoms with E-state index in [0.717, 1.165) is 18.4 Å². The SMILES string of the molecule is Cc1ccccc1C(=O)OCCCC(C)(C)C. The van der Waals surface area contributed by atoms with Gasteiger partial charge in [0.05, 0.1) is 12.2 Å². The van der Waals surface area contributed by atoms with Gasteiger partial charge >= 0.3 is 5.97 Å². The van der Waals surface area contributed by atoms with E-state index in [1.54, 1.807) is 6.07 Å². The number of hydrogen-bond donors (Lipinski definition) is 0. The highest BCUT2D eigenvalue weighted by molar-refractivity contribution is 5.90. The number of carbonyl (C=O) groups is 1. The second kappa shape index (κ2) is 5.85. The molecule has 94 valence electrons. The van der Waals surface area contributed by atoms with E-state index in [2.05, 4.69) is 20.8 Å². The van der Waals surface area contributed by atoms with Gasteiger partial charge in [-0.3, -0.25) is 0 Å². The summed E-state index contributed by atoms with van der Waals surface area (Å²) in [7, 11) is 0. The maximum atomic E-state index is 11.8. The van der Waals surface area contributed by atoms with E-state index in [1.807, 2.05) is 25.1 Å². The molecule has 0 aliphatic heterocycles. The van der Waals surface area contributed by atoms with Gasteiger partial charge < -0.3 is 4.74 Å². The summed E-state index contributed by atoms with van der Waals surface area (Å²) in [4.78, 5) is 11.8. The predicted molar refractivity (Wildman–Crippen MR) is 70.2 cm³/mol. The van der Waals surface area contributed by atoms with Gasteiger partial charge in [-0.2, -0.15) is 0 Å². The van der Waals surface area contributed by atoms with Crippen LogP contribution in [0.25, 0.3) is 0 Å². The molecule has 0 N–H and O–H groups in total. The molecule has 0 spiro atoms. The quantitative estimate of drug-likeness (QED) is 0.582. The van der Waals surface area contributed by atoms with Gasteiger partial charge in [-0.05, 0) is 36.8 Å². The Hall–Kier alpha value is -1.31. The van der Waals surface area contributed by atoms with Crippen molar-refractivity contribution in [1.82, 2.24) is 0 Å². The summed E-state index contributed by atoms with van der Waals surface area (Å²) >= 11 is 0. The molecule has 0 amide bonds. The van der Waals surface area contributed by atoms with Crippen LogP contribution in [-0.2, 0) is 4.74 Å². The van der Waals surface area contributed by atoms with Crippen molar-refractivity contribution in [3.8, 4) is 0 Å². The number of benzene rings is 1. The maximum Gasteiger partial charge on any atom is 0.338 e. The molecule has 0 atom stereocenters. The first-order valence-corrected chi connectivity index (χ1v) is 6.13. The molecule has 0 unspecified atom stereocenters. The third kappa shape index (κ3) is 5.03. The molecule has 0 aliphatic rings. The van der Waals surface area contributed by atoms with Crippen molar-refractivity contribution in [3.05, 3.63) is 35.4 Å². The standard InChI is InChI=1S/C15H22O2/c1-12-8-5-6-9-13(12)14(16)17-11-7-10-15(2,3)4/h5-6,8-9H,7,10-11H2,1-4H3. The smallest absolute Gasteiger partial charge is 0.338 e. The van der Waals surface area contributed by atoms with Crippen LogP contribution in [-0.4, -0.2) is 12.6 Å². The lowest BCUT2D eigenvalue weighted by Crippen LogP contribution is -2.11. The fourth-order valence-corrected chi connectivity index (χ4v) is 1.65. The molecule has 0 saturated heterocycles. The second-order valence-corrected chi connectivity index (χ2v) is 5.62. The zero-order valence-electron chi connectivity index (χ0n) is 11.2. The predicted octanol–water partition coefficient (Wildman–Crippen LogP) is 3.98. The van der Waals surface area contributed by atoms with Crippen LogP contribution in [0.4, 0.5) is 0 Å². The first-order valence-electron chi connectivity index (χ1n) is 6.13. The maximum absolute atomic E-state index is 11.8. The zero-order valence-corrected chi connectivity index (χ0v) is 11.2. The Morgan fingerprint density at radius 2 is 1.88 bits per heavy atom. The van der Waals surface area contributed by atoms with Gasteiger partial charge in [0.25, 0.3) is 0 Å². The number of aryl methyl sites for hydroxylation is 1. The minimum atomic E-state index is -0.211. The fraction of sp³-hybridized carbons (Fsp3) is 0.533. The third-order valence-electron chi connectivity index (χ3n) is 2.67. The van der Waals surface area contributed by atoms with E-state index in [9.17, 15) is 4.79 Å². The van der Waals surface area contributed by atoms with Crippen molar-refractivity contribution in [1.29, 1.82) is 0 Å². The van der Waals surface area contributed by atoms with Crippen molar-refractivity contribution >= 4 is 5.97 Å². The van der Waals surface area contributed by atoms with Gasteiger partial charge in [-0.1, -0.05) is 39.0 Å². The molecule has 0 heterocycles. The molecular formula is C15H22O2. The normalized spacial score (nSPS) is 11.3. The summed E-state index contributed by atoms with van der Waals surface area (Å²) < 4.78 is 5.27. The minimum Gasteiger partial charge on any atom is -0.462 e. The summed E-state index contributed by atoms with van der Waals surface area (Å²) in [6.45, 7) is 9.00. The lowest BCUT2D eigenvalue weighted by Gasteiger charge is -2.17. The monoisotopic (exact) mass is 234 g/mol. The van der Waals surface area contributed by atoms with Crippen LogP contribution in [0.15, 0.2) is 24.3 Å². The molecule has 1 aromatic carbocycles. The molecule has 1 aromatic rings. The second-order valence-electron chi connectivity index (χ2n) is 5.62. The molecule has 0 saturated carbocycles. The Labute approximate surface area is 104 Å². The van der Waals surface area contributed by atoms with Gasteiger partial charge in [0, 0.05) is 0 Å². The van der Waals surface area contributed by atoms with Gasteiger partial charge in [0.1, 0.15) is 0 Å². The molecule has 0 fully saturated rings. The molecular weight excluding hydrogens is 212 g/mol. The average Bonchev–Trinajstić information content (AvgIpc) is 2.23. The first kappa shape index (κ1) is 13.8. The van der Waals surface area contributed by atoms with Gasteiger partial charge in [0.2, 0.25) is 0 Å². The van der Waals surface area contributed by atoms with Crippen LogP contribution in [0, 0.1) is 12.3 Å². The van der Waals surface area contributed by atoms with E-state index in [0.29, 0.717) is 17.6 Å². The Morgan fingerprint density at radius 3 is 2.47 bits per heavy atom. The molecule has 0 radical (unpaired) electrons. The van der Waals surface area contributed by atoms with Crippen molar-refractivity contribution in [2.24, 2.45) is 5.41 Å². The minimum absolute atomic E-state index is 0.211. The van der Waals surface area contributed by atoms with Gasteiger partial charge in [0.15, 0.2) is 0 Å². The van der Waals surface area contributed by atoms with Crippen LogP contribution in [0.5, 0.6) is 0 Å². The van der Waals surface area contributed by atoms with E-state index in [1.165, 1.54) is 0 Å². The molecule has 0 aromatic heterocycles. The Morgan fingerprint density at radius 1 is 1.24 bits per heavy atom. The van der Waals surface area contributed by atoms with Crippen molar-refractivity contribution in [3.63, 3.8) is 0 Å². The molecule has 0 aliphatic carbocycles. The summed E-state index contributed by atoms with van der Waals surface area (Å²) in [6.07, 6.45) is 1.98. The van der Waals surface area contributed by atoms with Crippen LogP contribution in [0.3, 0.4) is 0 Å². The lowest BCUT2D eigenvalue weighted by atomic mass is 9.91. The van der Waals surface area contributed by atoms with E-state index in [4.69, 9.17) is 4.74 Å². The van der Waals surface area contributed by atoms with Gasteiger partial charge in [-0.25, -0.2) is 4.79 Å². The Bertz CT molecular complexity index is 375. The number of ether oxygens (including phenoxy) is 1. The van der Waals surface area contributed by atoms with Crippen LogP contribution in [0.1, 0.15) is 49.5 Å². The third-order valence-corrected chi connectivity index (χ3v) is 2.67. The van der Waals surface area contributed by atoms with Crippen molar-refractivity contribution < 1.29 is 9.53 Å². The number of rotatable bonds is 4. The average molecular weight is 234 g/mol. The largest absolute Gasteiger partial charge is 0.462 e. The van der Waals surface area contributed by atoms with E-state index in [-0.39, 0.29) is 5.97 Å². The Kier molecular flexibility index (Phi) is 4.73. The zero-order chi connectivity index (χ0) is 12.9. The molecule has 1 rings (SSSR count). The van der Waals surface area contributed by atoms with Crippen LogP contribution >= 0.6 is 0 Å². The van der Waals surface area contributed by atoms with Crippen molar-refractivity contribution in [2.45, 2.75) is 40.5 Å².